The summed E-state index contributed by atoms with van der Waals surface area (Å²) in [5.74, 6) is 0.687. The Morgan fingerprint density at radius 2 is 2.38 bits per heavy atom. The minimum atomic E-state index is -0.827. The summed E-state index contributed by atoms with van der Waals surface area (Å²) in [4.78, 5) is 14.1. The van der Waals surface area contributed by atoms with E-state index in [9.17, 15) is 4.79 Å². The molecule has 0 radical (unpaired) electrons. The van der Waals surface area contributed by atoms with Crippen LogP contribution in [0.4, 0.5) is 4.79 Å². The van der Waals surface area contributed by atoms with Gasteiger partial charge in [-0.1, -0.05) is 0 Å². The van der Waals surface area contributed by atoms with Gasteiger partial charge in [0, 0.05) is 20.1 Å². The highest BCUT2D eigenvalue weighted by atomic mass is 16.4. The molecule has 4 nitrogen and oxygen atoms in total. The summed E-state index contributed by atoms with van der Waals surface area (Å²) in [6, 6.07) is 0. The third-order valence-corrected chi connectivity index (χ3v) is 2.69. The molecule has 13 heavy (non-hydrogen) atoms. The number of carboxylic acid groups (broad SMARTS) is 1. The lowest BCUT2D eigenvalue weighted by Crippen LogP contribution is -2.27. The smallest absolute Gasteiger partial charge is 0.407 e. The number of likely N-dealkylation sites (tertiary alicyclic amines) is 1. The van der Waals surface area contributed by atoms with Gasteiger partial charge in [0.05, 0.1) is 0 Å². The van der Waals surface area contributed by atoms with Crippen molar-refractivity contribution in [3.05, 3.63) is 0 Å². The summed E-state index contributed by atoms with van der Waals surface area (Å²) in [5.41, 5.74) is 0. The van der Waals surface area contributed by atoms with Gasteiger partial charge in [0.2, 0.25) is 0 Å². The largest absolute Gasteiger partial charge is 0.465 e. The molecule has 1 atom stereocenters. The highest BCUT2D eigenvalue weighted by molar-refractivity contribution is 5.64. The fraction of sp³-hybridized carbons (Fsp3) is 0.889. The standard InChI is InChI=1S/C9H18N2O2/c1-10-5-3-8(7-10)4-6-11(2)9(12)13/h8H,3-7H2,1-2H3,(H,12,13). The zero-order chi connectivity index (χ0) is 9.84. The normalized spacial score (nSPS) is 23.4. The van der Waals surface area contributed by atoms with Crippen LogP contribution in [0.15, 0.2) is 0 Å². The summed E-state index contributed by atoms with van der Waals surface area (Å²) in [6.45, 7) is 2.93. The van der Waals surface area contributed by atoms with E-state index in [4.69, 9.17) is 5.11 Å². The van der Waals surface area contributed by atoms with E-state index in [-0.39, 0.29) is 0 Å². The SMILES string of the molecule is CN1CCC(CCN(C)C(=O)O)C1. The minimum absolute atomic E-state index is 0.661. The van der Waals surface area contributed by atoms with Gasteiger partial charge in [0.15, 0.2) is 0 Å². The second-order valence-corrected chi connectivity index (χ2v) is 3.91. The molecule has 0 aromatic rings. The Bertz CT molecular complexity index is 184. The first-order valence-electron chi connectivity index (χ1n) is 4.72. The second-order valence-electron chi connectivity index (χ2n) is 3.91. The number of amides is 1. The summed E-state index contributed by atoms with van der Waals surface area (Å²) in [7, 11) is 3.74. The lowest BCUT2D eigenvalue weighted by atomic mass is 10.1. The fourth-order valence-electron chi connectivity index (χ4n) is 1.73. The molecule has 1 N–H and O–H groups in total. The number of carbonyl (C=O) groups is 1. The van der Waals surface area contributed by atoms with E-state index in [1.807, 2.05) is 0 Å². The Kier molecular flexibility index (Phi) is 3.54. The van der Waals surface area contributed by atoms with Crippen LogP contribution in [0, 0.1) is 5.92 Å². The first kappa shape index (κ1) is 10.3. The Labute approximate surface area is 79.1 Å². The number of hydrogen-bond acceptors (Lipinski definition) is 2. The van der Waals surface area contributed by atoms with E-state index in [1.165, 1.54) is 11.3 Å². The van der Waals surface area contributed by atoms with Crippen molar-refractivity contribution in [2.45, 2.75) is 12.8 Å². The van der Waals surface area contributed by atoms with Crippen LogP contribution in [-0.4, -0.2) is 54.7 Å². The highest BCUT2D eigenvalue weighted by Gasteiger charge is 2.19. The van der Waals surface area contributed by atoms with Crippen LogP contribution >= 0.6 is 0 Å². The van der Waals surface area contributed by atoms with Gasteiger partial charge in [0.1, 0.15) is 0 Å². The molecule has 1 aliphatic rings. The van der Waals surface area contributed by atoms with E-state index in [1.54, 1.807) is 7.05 Å². The first-order chi connectivity index (χ1) is 6.09. The molecule has 1 fully saturated rings. The average Bonchev–Trinajstić information content (AvgIpc) is 2.47. The van der Waals surface area contributed by atoms with Crippen LogP contribution in [-0.2, 0) is 0 Å². The zero-order valence-corrected chi connectivity index (χ0v) is 8.36. The van der Waals surface area contributed by atoms with Gasteiger partial charge in [-0.15, -0.1) is 0 Å². The monoisotopic (exact) mass is 186 g/mol. The molecule has 1 aliphatic heterocycles. The molecule has 0 bridgehead atoms. The van der Waals surface area contributed by atoms with Crippen LogP contribution in [0.5, 0.6) is 0 Å². The minimum Gasteiger partial charge on any atom is -0.465 e. The summed E-state index contributed by atoms with van der Waals surface area (Å²) >= 11 is 0. The van der Waals surface area contributed by atoms with Crippen LogP contribution in [0.25, 0.3) is 0 Å². The maximum atomic E-state index is 10.5. The van der Waals surface area contributed by atoms with E-state index in [0.717, 1.165) is 19.5 Å². The van der Waals surface area contributed by atoms with Gasteiger partial charge in [-0.05, 0) is 32.4 Å². The van der Waals surface area contributed by atoms with Gasteiger partial charge in [-0.3, -0.25) is 0 Å². The van der Waals surface area contributed by atoms with Gasteiger partial charge in [-0.25, -0.2) is 4.79 Å². The average molecular weight is 186 g/mol. The van der Waals surface area contributed by atoms with E-state index in [2.05, 4.69) is 11.9 Å². The van der Waals surface area contributed by atoms with E-state index < -0.39 is 6.09 Å². The predicted octanol–water partition coefficient (Wildman–Crippen LogP) is 0.938. The molecule has 0 spiro atoms. The molecule has 0 aromatic carbocycles. The van der Waals surface area contributed by atoms with Crippen LogP contribution in [0.1, 0.15) is 12.8 Å². The topological polar surface area (TPSA) is 43.8 Å². The molecule has 0 aromatic heterocycles. The van der Waals surface area contributed by atoms with Crippen LogP contribution < -0.4 is 0 Å². The third-order valence-electron chi connectivity index (χ3n) is 2.69. The maximum absolute atomic E-state index is 10.5. The zero-order valence-electron chi connectivity index (χ0n) is 8.36. The molecular weight excluding hydrogens is 168 g/mol. The predicted molar refractivity (Wildman–Crippen MR) is 50.9 cm³/mol. The van der Waals surface area contributed by atoms with Crippen molar-refractivity contribution in [1.82, 2.24) is 9.80 Å². The van der Waals surface area contributed by atoms with Crippen molar-refractivity contribution in [3.8, 4) is 0 Å². The maximum Gasteiger partial charge on any atom is 0.407 e. The highest BCUT2D eigenvalue weighted by Crippen LogP contribution is 2.17. The molecule has 1 saturated heterocycles. The van der Waals surface area contributed by atoms with Crippen molar-refractivity contribution < 1.29 is 9.90 Å². The molecule has 1 amide bonds. The molecular formula is C9H18N2O2. The van der Waals surface area contributed by atoms with Gasteiger partial charge >= 0.3 is 6.09 Å². The lowest BCUT2D eigenvalue weighted by molar-refractivity contribution is 0.153. The van der Waals surface area contributed by atoms with Crippen molar-refractivity contribution in [3.63, 3.8) is 0 Å². The second kappa shape index (κ2) is 4.46. The Morgan fingerprint density at radius 3 is 2.85 bits per heavy atom. The Balaban J connectivity index is 2.16. The fourth-order valence-corrected chi connectivity index (χ4v) is 1.73. The van der Waals surface area contributed by atoms with E-state index in [0.29, 0.717) is 12.5 Å². The summed E-state index contributed by atoms with van der Waals surface area (Å²) in [6.07, 6.45) is 1.38. The summed E-state index contributed by atoms with van der Waals surface area (Å²) < 4.78 is 0. The number of hydrogen-bond donors (Lipinski definition) is 1. The van der Waals surface area contributed by atoms with Crippen molar-refractivity contribution in [2.24, 2.45) is 5.92 Å². The first-order valence-corrected chi connectivity index (χ1v) is 4.72. The Hall–Kier alpha value is -0.770. The van der Waals surface area contributed by atoms with Gasteiger partial charge in [-0.2, -0.15) is 0 Å². The van der Waals surface area contributed by atoms with Gasteiger partial charge < -0.3 is 14.9 Å². The van der Waals surface area contributed by atoms with Crippen molar-refractivity contribution in [1.29, 1.82) is 0 Å². The molecule has 76 valence electrons. The molecule has 4 heteroatoms. The third kappa shape index (κ3) is 3.22. The van der Waals surface area contributed by atoms with Crippen molar-refractivity contribution >= 4 is 6.09 Å². The summed E-state index contributed by atoms with van der Waals surface area (Å²) in [5, 5.41) is 8.62. The number of nitrogens with zero attached hydrogens (tertiary/aromatic N) is 2. The quantitative estimate of drug-likeness (QED) is 0.713. The molecule has 1 unspecified atom stereocenters. The van der Waals surface area contributed by atoms with Crippen LogP contribution in [0.3, 0.4) is 0 Å². The molecule has 1 rings (SSSR count). The molecule has 1 heterocycles. The molecule has 0 aliphatic carbocycles. The number of rotatable bonds is 3. The molecule has 0 saturated carbocycles. The van der Waals surface area contributed by atoms with Crippen LogP contribution in [0.2, 0.25) is 0 Å². The van der Waals surface area contributed by atoms with Crippen molar-refractivity contribution in [2.75, 3.05) is 33.7 Å². The van der Waals surface area contributed by atoms with E-state index >= 15 is 0 Å². The van der Waals surface area contributed by atoms with Gasteiger partial charge in [0.25, 0.3) is 0 Å². The lowest BCUT2D eigenvalue weighted by Gasteiger charge is -2.15. The Morgan fingerprint density at radius 1 is 1.69 bits per heavy atom.